The highest BCUT2D eigenvalue weighted by Gasteiger charge is 2.18. The Morgan fingerprint density at radius 3 is 2.31 bits per heavy atom. The van der Waals surface area contributed by atoms with Gasteiger partial charge in [0.25, 0.3) is 17.4 Å². The molecule has 1 aliphatic rings. The van der Waals surface area contributed by atoms with Gasteiger partial charge in [-0.2, -0.15) is 0 Å². The van der Waals surface area contributed by atoms with E-state index in [-0.39, 0.29) is 30.0 Å². The van der Waals surface area contributed by atoms with Gasteiger partial charge in [0, 0.05) is 34.6 Å². The third-order valence-corrected chi connectivity index (χ3v) is 6.01. The lowest BCUT2D eigenvalue weighted by Gasteiger charge is -2.12. The lowest BCUT2D eigenvalue weighted by atomic mass is 10.1. The molecule has 0 unspecified atom stereocenters. The van der Waals surface area contributed by atoms with Crippen molar-refractivity contribution in [1.82, 2.24) is 9.88 Å². The van der Waals surface area contributed by atoms with E-state index in [0.717, 1.165) is 31.2 Å². The lowest BCUT2D eigenvalue weighted by Crippen LogP contribution is -2.32. The highest BCUT2D eigenvalue weighted by molar-refractivity contribution is 6.31. The van der Waals surface area contributed by atoms with Crippen LogP contribution in [0.5, 0.6) is 0 Å². The summed E-state index contributed by atoms with van der Waals surface area (Å²) in [7, 11) is 0. The molecule has 3 aromatic rings. The summed E-state index contributed by atoms with van der Waals surface area (Å²) in [4.78, 5) is 37.3. The van der Waals surface area contributed by atoms with E-state index in [9.17, 15) is 14.4 Å². The van der Waals surface area contributed by atoms with Gasteiger partial charge in [-0.25, -0.2) is 0 Å². The molecular formula is C25H24ClN3O3. The lowest BCUT2D eigenvalue weighted by molar-refractivity contribution is 0.0937. The monoisotopic (exact) mass is 449 g/mol. The molecule has 2 amide bonds. The molecule has 1 fully saturated rings. The Morgan fingerprint density at radius 2 is 1.59 bits per heavy atom. The largest absolute Gasteiger partial charge is 0.349 e. The smallest absolute Gasteiger partial charge is 0.257 e. The number of hydrogen-bond donors (Lipinski definition) is 2. The zero-order chi connectivity index (χ0) is 22.5. The maximum absolute atomic E-state index is 12.7. The normalized spacial score (nSPS) is 13.7. The van der Waals surface area contributed by atoms with Crippen LogP contribution in [0.15, 0.2) is 71.7 Å². The van der Waals surface area contributed by atoms with Gasteiger partial charge >= 0.3 is 0 Å². The minimum Gasteiger partial charge on any atom is -0.349 e. The first-order valence-corrected chi connectivity index (χ1v) is 11.0. The van der Waals surface area contributed by atoms with Crippen molar-refractivity contribution in [1.29, 1.82) is 0 Å². The number of hydrogen-bond acceptors (Lipinski definition) is 3. The molecule has 1 aromatic heterocycles. The Balaban J connectivity index is 1.43. The van der Waals surface area contributed by atoms with Gasteiger partial charge in [-0.05, 0) is 54.8 Å². The van der Waals surface area contributed by atoms with E-state index < -0.39 is 0 Å². The summed E-state index contributed by atoms with van der Waals surface area (Å²) in [5.41, 5.74) is 2.04. The van der Waals surface area contributed by atoms with E-state index in [1.165, 1.54) is 22.9 Å². The molecule has 164 valence electrons. The third kappa shape index (κ3) is 5.26. The second-order valence-corrected chi connectivity index (χ2v) is 8.37. The molecule has 4 rings (SSSR count). The van der Waals surface area contributed by atoms with Crippen molar-refractivity contribution in [3.05, 3.63) is 98.9 Å². The van der Waals surface area contributed by atoms with Crippen molar-refractivity contribution in [2.75, 3.05) is 5.32 Å². The van der Waals surface area contributed by atoms with Crippen LogP contribution in [-0.4, -0.2) is 22.4 Å². The first kappa shape index (κ1) is 21.8. The molecular weight excluding hydrogens is 426 g/mol. The van der Waals surface area contributed by atoms with E-state index in [0.29, 0.717) is 21.8 Å². The minimum atomic E-state index is -0.346. The number of halogens is 1. The zero-order valence-corrected chi connectivity index (χ0v) is 18.3. The predicted molar refractivity (Wildman–Crippen MR) is 125 cm³/mol. The molecule has 1 saturated carbocycles. The van der Waals surface area contributed by atoms with Gasteiger partial charge < -0.3 is 15.2 Å². The Morgan fingerprint density at radius 1 is 0.906 bits per heavy atom. The number of carbonyl (C=O) groups is 2. The van der Waals surface area contributed by atoms with Gasteiger partial charge in [0.2, 0.25) is 0 Å². The number of carbonyl (C=O) groups excluding carboxylic acids is 2. The van der Waals surface area contributed by atoms with E-state index in [1.807, 2.05) is 18.2 Å². The molecule has 0 radical (unpaired) electrons. The summed E-state index contributed by atoms with van der Waals surface area (Å²) < 4.78 is 1.45. The van der Waals surface area contributed by atoms with Gasteiger partial charge in [-0.3, -0.25) is 14.4 Å². The average molecular weight is 450 g/mol. The van der Waals surface area contributed by atoms with Crippen LogP contribution >= 0.6 is 11.6 Å². The van der Waals surface area contributed by atoms with Crippen molar-refractivity contribution < 1.29 is 9.59 Å². The second kappa shape index (κ2) is 9.83. The Bertz CT molecular complexity index is 1180. The highest BCUT2D eigenvalue weighted by Crippen LogP contribution is 2.19. The number of aromatic nitrogens is 1. The SMILES string of the molecule is O=C(Nc1ccc(C(=O)NC2CCCC2)cc1)c1ccc(=O)n(Cc2ccccc2Cl)c1. The summed E-state index contributed by atoms with van der Waals surface area (Å²) in [6, 6.07) is 17.2. The van der Waals surface area contributed by atoms with Crippen LogP contribution in [0.1, 0.15) is 52.0 Å². The summed E-state index contributed by atoms with van der Waals surface area (Å²) >= 11 is 6.20. The van der Waals surface area contributed by atoms with Gasteiger partial charge in [0.05, 0.1) is 12.1 Å². The molecule has 0 saturated heterocycles. The Kier molecular flexibility index (Phi) is 6.71. The van der Waals surface area contributed by atoms with Gasteiger partial charge in [-0.15, -0.1) is 0 Å². The second-order valence-electron chi connectivity index (χ2n) is 7.96. The van der Waals surface area contributed by atoms with Crippen molar-refractivity contribution >= 4 is 29.1 Å². The van der Waals surface area contributed by atoms with Crippen LogP contribution in [0.4, 0.5) is 5.69 Å². The quantitative estimate of drug-likeness (QED) is 0.582. The molecule has 1 aliphatic carbocycles. The van der Waals surface area contributed by atoms with E-state index in [4.69, 9.17) is 11.6 Å². The fraction of sp³-hybridized carbons (Fsp3) is 0.240. The van der Waals surface area contributed by atoms with Gasteiger partial charge in [0.15, 0.2) is 0 Å². The number of nitrogens with zero attached hydrogens (tertiary/aromatic N) is 1. The van der Waals surface area contributed by atoms with Crippen LogP contribution in [-0.2, 0) is 6.54 Å². The topological polar surface area (TPSA) is 80.2 Å². The van der Waals surface area contributed by atoms with E-state index >= 15 is 0 Å². The van der Waals surface area contributed by atoms with Crippen molar-refractivity contribution in [2.24, 2.45) is 0 Å². The first-order valence-electron chi connectivity index (χ1n) is 10.7. The molecule has 1 heterocycles. The average Bonchev–Trinajstić information content (AvgIpc) is 3.30. The molecule has 0 aliphatic heterocycles. The molecule has 0 bridgehead atoms. The molecule has 0 atom stereocenters. The molecule has 32 heavy (non-hydrogen) atoms. The van der Waals surface area contributed by atoms with Crippen LogP contribution in [0, 0.1) is 0 Å². The summed E-state index contributed by atoms with van der Waals surface area (Å²) in [5, 5.41) is 6.42. The summed E-state index contributed by atoms with van der Waals surface area (Å²) in [6.45, 7) is 0.268. The molecule has 2 aromatic carbocycles. The van der Waals surface area contributed by atoms with E-state index in [1.54, 1.807) is 30.3 Å². The maximum atomic E-state index is 12.7. The molecule has 7 heteroatoms. The number of rotatable bonds is 6. The number of pyridine rings is 1. The number of benzene rings is 2. The zero-order valence-electron chi connectivity index (χ0n) is 17.5. The van der Waals surface area contributed by atoms with Crippen LogP contribution in [0.3, 0.4) is 0 Å². The molecule has 2 N–H and O–H groups in total. The van der Waals surface area contributed by atoms with Crippen molar-refractivity contribution in [2.45, 2.75) is 38.3 Å². The van der Waals surface area contributed by atoms with Crippen molar-refractivity contribution in [3.63, 3.8) is 0 Å². The fourth-order valence-corrected chi connectivity index (χ4v) is 4.04. The standard InChI is InChI=1S/C25H24ClN3O3/c26-22-8-4-1-5-18(22)15-29-16-19(11-14-23(29)30)25(32)28-21-12-9-17(10-13-21)24(31)27-20-6-2-3-7-20/h1,4-5,8-14,16,20H,2-3,6-7,15H2,(H,27,31)(H,28,32). The summed E-state index contributed by atoms with van der Waals surface area (Å²) in [5.74, 6) is -0.442. The Labute approximate surface area is 191 Å². The molecule has 6 nitrogen and oxygen atoms in total. The van der Waals surface area contributed by atoms with Gasteiger partial charge in [0.1, 0.15) is 0 Å². The minimum absolute atomic E-state index is 0.0959. The predicted octanol–water partition coefficient (Wildman–Crippen LogP) is 4.47. The molecule has 0 spiro atoms. The first-order chi connectivity index (χ1) is 15.5. The van der Waals surface area contributed by atoms with Crippen LogP contribution < -0.4 is 16.2 Å². The van der Waals surface area contributed by atoms with E-state index in [2.05, 4.69) is 10.6 Å². The maximum Gasteiger partial charge on any atom is 0.257 e. The van der Waals surface area contributed by atoms with Crippen LogP contribution in [0.2, 0.25) is 5.02 Å². The number of amides is 2. The third-order valence-electron chi connectivity index (χ3n) is 5.64. The van der Waals surface area contributed by atoms with Gasteiger partial charge in [-0.1, -0.05) is 42.6 Å². The summed E-state index contributed by atoms with van der Waals surface area (Å²) in [6.07, 6.45) is 5.88. The van der Waals surface area contributed by atoms with Crippen molar-refractivity contribution in [3.8, 4) is 0 Å². The highest BCUT2D eigenvalue weighted by atomic mass is 35.5. The number of anilines is 1. The van der Waals surface area contributed by atoms with Crippen LogP contribution in [0.25, 0.3) is 0 Å². The Hall–Kier alpha value is -3.38. The fourth-order valence-electron chi connectivity index (χ4n) is 3.85. The number of nitrogens with one attached hydrogen (secondary N) is 2.